The van der Waals surface area contributed by atoms with Gasteiger partial charge in [-0.05, 0) is 82.0 Å². The van der Waals surface area contributed by atoms with E-state index in [2.05, 4.69) is 11.2 Å². The zero-order valence-electron chi connectivity index (χ0n) is 18.4. The third kappa shape index (κ3) is 6.79. The van der Waals surface area contributed by atoms with Gasteiger partial charge in [0.1, 0.15) is 30.9 Å². The number of aromatic hydroxyl groups is 1. The second-order valence-electron chi connectivity index (χ2n) is 7.95. The Bertz CT molecular complexity index is 872. The lowest BCUT2D eigenvalue weighted by Crippen LogP contribution is -2.29. The average molecular weight is 414 g/mol. The Morgan fingerprint density at radius 3 is 2.47 bits per heavy atom. The van der Waals surface area contributed by atoms with Crippen LogP contribution in [0.2, 0.25) is 0 Å². The molecule has 0 saturated carbocycles. The Morgan fingerprint density at radius 2 is 1.80 bits per heavy atom. The molecule has 30 heavy (non-hydrogen) atoms. The molecule has 0 aliphatic heterocycles. The third-order valence-electron chi connectivity index (χ3n) is 4.84. The molecule has 2 rings (SSSR count). The fraction of sp³-hybridized carbons (Fsp3) is 0.417. The molecule has 0 atom stereocenters. The Morgan fingerprint density at radius 1 is 1.10 bits per heavy atom. The van der Waals surface area contributed by atoms with Crippen molar-refractivity contribution < 1.29 is 24.2 Å². The highest BCUT2D eigenvalue weighted by Gasteiger charge is 2.29. The van der Waals surface area contributed by atoms with Gasteiger partial charge in [0.25, 0.3) is 0 Å². The van der Waals surface area contributed by atoms with Crippen LogP contribution in [0.3, 0.4) is 0 Å². The molecule has 0 aliphatic rings. The van der Waals surface area contributed by atoms with Crippen molar-refractivity contribution in [1.82, 2.24) is 0 Å². The van der Waals surface area contributed by atoms with Gasteiger partial charge in [-0.1, -0.05) is 17.3 Å². The van der Waals surface area contributed by atoms with E-state index in [0.717, 1.165) is 23.3 Å². The van der Waals surface area contributed by atoms with Gasteiger partial charge >= 0.3 is 5.97 Å². The number of rotatable bonds is 10. The highest BCUT2D eigenvalue weighted by atomic mass is 16.6. The number of phenolic OH excluding ortho intramolecular Hbond substituents is 1. The first-order valence-corrected chi connectivity index (χ1v) is 9.99. The molecular weight excluding hydrogens is 382 g/mol. The molecule has 6 heteroatoms. The lowest BCUT2D eigenvalue weighted by Gasteiger charge is -2.23. The third-order valence-corrected chi connectivity index (χ3v) is 4.84. The molecule has 0 heterocycles. The maximum absolute atomic E-state index is 12.6. The standard InChI is InChI=1S/C24H31NO5/c1-17-7-8-18(2)22(15-17)29-14-6-13-24(3,4)23(27)30-16-21(25-28-5)19-9-11-20(26)12-10-19/h7-12,15,26H,6,13-14,16H2,1-5H3/b25-21-. The normalized spacial score (nSPS) is 11.8. The van der Waals surface area contributed by atoms with E-state index in [1.54, 1.807) is 24.3 Å². The van der Waals surface area contributed by atoms with Crippen LogP contribution in [0, 0.1) is 19.3 Å². The van der Waals surface area contributed by atoms with E-state index in [0.29, 0.717) is 24.3 Å². The van der Waals surface area contributed by atoms with Crippen LogP contribution in [0.4, 0.5) is 0 Å². The van der Waals surface area contributed by atoms with Crippen LogP contribution in [0.15, 0.2) is 47.6 Å². The summed E-state index contributed by atoms with van der Waals surface area (Å²) in [5.74, 6) is 0.721. The van der Waals surface area contributed by atoms with Crippen LogP contribution in [-0.4, -0.2) is 37.1 Å². The van der Waals surface area contributed by atoms with E-state index in [9.17, 15) is 9.90 Å². The average Bonchev–Trinajstić information content (AvgIpc) is 2.71. The topological polar surface area (TPSA) is 77.4 Å². The van der Waals surface area contributed by atoms with E-state index in [1.807, 2.05) is 39.8 Å². The zero-order chi connectivity index (χ0) is 22.1. The molecule has 0 aromatic heterocycles. The van der Waals surface area contributed by atoms with Gasteiger partial charge in [-0.15, -0.1) is 0 Å². The van der Waals surface area contributed by atoms with Crippen LogP contribution >= 0.6 is 0 Å². The SMILES string of the molecule is CO/N=C(/COC(=O)C(C)(C)CCCOc1cc(C)ccc1C)c1ccc(O)cc1. The quantitative estimate of drug-likeness (QED) is 0.262. The number of nitrogens with zero attached hydrogens (tertiary/aromatic N) is 1. The number of ether oxygens (including phenoxy) is 2. The van der Waals surface area contributed by atoms with Crippen molar-refractivity contribution in [2.45, 2.75) is 40.5 Å². The summed E-state index contributed by atoms with van der Waals surface area (Å²) in [5, 5.41) is 13.4. The first kappa shape index (κ1) is 23.3. The van der Waals surface area contributed by atoms with Gasteiger partial charge in [0, 0.05) is 5.56 Å². The summed E-state index contributed by atoms with van der Waals surface area (Å²) in [6.45, 7) is 8.29. The summed E-state index contributed by atoms with van der Waals surface area (Å²) >= 11 is 0. The number of oxime groups is 1. The Labute approximate surface area is 178 Å². The van der Waals surface area contributed by atoms with Gasteiger partial charge in [-0.2, -0.15) is 0 Å². The molecule has 0 bridgehead atoms. The summed E-state index contributed by atoms with van der Waals surface area (Å²) in [6.07, 6.45) is 1.36. The molecule has 2 aromatic rings. The minimum absolute atomic E-state index is 0.0140. The van der Waals surface area contributed by atoms with Crippen LogP contribution < -0.4 is 4.74 Å². The van der Waals surface area contributed by atoms with Crippen molar-refractivity contribution in [3.05, 3.63) is 59.2 Å². The molecule has 0 fully saturated rings. The molecule has 0 aliphatic carbocycles. The van der Waals surface area contributed by atoms with Gasteiger partial charge in [0.15, 0.2) is 0 Å². The van der Waals surface area contributed by atoms with Crippen molar-refractivity contribution >= 4 is 11.7 Å². The van der Waals surface area contributed by atoms with E-state index in [1.165, 1.54) is 7.11 Å². The number of hydrogen-bond donors (Lipinski definition) is 1. The van der Waals surface area contributed by atoms with Crippen LogP contribution in [0.1, 0.15) is 43.4 Å². The molecular formula is C24H31NO5. The minimum atomic E-state index is -0.655. The second kappa shape index (κ2) is 10.7. The largest absolute Gasteiger partial charge is 0.508 e. The number of esters is 1. The fourth-order valence-electron chi connectivity index (χ4n) is 2.92. The molecule has 162 valence electrons. The number of benzene rings is 2. The lowest BCUT2D eigenvalue weighted by molar-refractivity contribution is -0.152. The molecule has 0 unspecified atom stereocenters. The maximum atomic E-state index is 12.6. The number of carbonyl (C=O) groups is 1. The Hall–Kier alpha value is -3.02. The number of phenols is 1. The monoisotopic (exact) mass is 413 g/mol. The zero-order valence-corrected chi connectivity index (χ0v) is 18.4. The van der Waals surface area contributed by atoms with Crippen molar-refractivity contribution in [3.8, 4) is 11.5 Å². The van der Waals surface area contributed by atoms with Crippen LogP contribution in [0.25, 0.3) is 0 Å². The molecule has 2 aromatic carbocycles. The Kier molecular flexibility index (Phi) is 8.27. The van der Waals surface area contributed by atoms with Gasteiger partial charge in [0.2, 0.25) is 0 Å². The van der Waals surface area contributed by atoms with E-state index >= 15 is 0 Å². The summed E-state index contributed by atoms with van der Waals surface area (Å²) < 4.78 is 11.4. The van der Waals surface area contributed by atoms with Crippen molar-refractivity contribution in [2.24, 2.45) is 10.6 Å². The fourth-order valence-corrected chi connectivity index (χ4v) is 2.92. The molecule has 0 amide bonds. The van der Waals surface area contributed by atoms with Crippen molar-refractivity contribution in [1.29, 1.82) is 0 Å². The summed E-state index contributed by atoms with van der Waals surface area (Å²) in [5.41, 5.74) is 2.78. The van der Waals surface area contributed by atoms with Gasteiger partial charge < -0.3 is 19.4 Å². The molecule has 0 spiro atoms. The lowest BCUT2D eigenvalue weighted by atomic mass is 9.88. The van der Waals surface area contributed by atoms with Crippen LogP contribution in [0.5, 0.6) is 11.5 Å². The Balaban J connectivity index is 1.86. The number of hydrogen-bond acceptors (Lipinski definition) is 6. The predicted molar refractivity (Wildman–Crippen MR) is 117 cm³/mol. The van der Waals surface area contributed by atoms with E-state index < -0.39 is 5.41 Å². The van der Waals surface area contributed by atoms with Crippen molar-refractivity contribution in [2.75, 3.05) is 20.3 Å². The van der Waals surface area contributed by atoms with Crippen LogP contribution in [-0.2, 0) is 14.4 Å². The van der Waals surface area contributed by atoms with Gasteiger partial charge in [-0.25, -0.2) is 0 Å². The highest BCUT2D eigenvalue weighted by Crippen LogP contribution is 2.25. The van der Waals surface area contributed by atoms with E-state index in [4.69, 9.17) is 14.3 Å². The number of aryl methyl sites for hydroxylation is 2. The van der Waals surface area contributed by atoms with Gasteiger partial charge in [-0.3, -0.25) is 4.79 Å². The first-order chi connectivity index (χ1) is 14.2. The van der Waals surface area contributed by atoms with Crippen molar-refractivity contribution in [3.63, 3.8) is 0 Å². The second-order valence-corrected chi connectivity index (χ2v) is 7.95. The predicted octanol–water partition coefficient (Wildman–Crippen LogP) is 4.79. The number of carbonyl (C=O) groups excluding carboxylic acids is 1. The molecule has 0 saturated heterocycles. The summed E-state index contributed by atoms with van der Waals surface area (Å²) in [4.78, 5) is 17.5. The van der Waals surface area contributed by atoms with E-state index in [-0.39, 0.29) is 18.3 Å². The summed E-state index contributed by atoms with van der Waals surface area (Å²) in [7, 11) is 1.43. The highest BCUT2D eigenvalue weighted by molar-refractivity contribution is 6.02. The molecule has 6 nitrogen and oxygen atoms in total. The molecule has 0 radical (unpaired) electrons. The first-order valence-electron chi connectivity index (χ1n) is 9.99. The smallest absolute Gasteiger partial charge is 0.311 e. The maximum Gasteiger partial charge on any atom is 0.311 e. The van der Waals surface area contributed by atoms with Gasteiger partial charge in [0.05, 0.1) is 12.0 Å². The summed E-state index contributed by atoms with van der Waals surface area (Å²) in [6, 6.07) is 12.6. The minimum Gasteiger partial charge on any atom is -0.508 e. The molecule has 1 N–H and O–H groups in total.